The molecular weight excluding hydrogens is 200 g/mol. The number of nitrogens with two attached hydrogens (primary N) is 1. The first kappa shape index (κ1) is 11.4. The number of fused-ring (bicyclic) bond motifs is 1. The van der Waals surface area contributed by atoms with Crippen molar-refractivity contribution in [1.82, 2.24) is 5.48 Å². The van der Waals surface area contributed by atoms with Crippen molar-refractivity contribution >= 4 is 5.69 Å². The molecule has 1 aromatic carbocycles. The van der Waals surface area contributed by atoms with E-state index in [2.05, 4.69) is 17.6 Å². The monoisotopic (exact) mass is 220 g/mol. The van der Waals surface area contributed by atoms with Crippen LogP contribution in [0.15, 0.2) is 18.2 Å². The maximum absolute atomic E-state index is 5.77. The zero-order chi connectivity index (χ0) is 11.8. The van der Waals surface area contributed by atoms with Crippen LogP contribution < -0.4 is 11.2 Å². The predicted octanol–water partition coefficient (Wildman–Crippen LogP) is 2.58. The quantitative estimate of drug-likeness (QED) is 0.595. The molecule has 3 N–H and O–H groups in total. The SMILES string of the molecule is CC(C)(C)ONC1CCc2cc(N)ccc21. The predicted molar refractivity (Wildman–Crippen MR) is 65.9 cm³/mol. The number of anilines is 1. The Hall–Kier alpha value is -1.06. The van der Waals surface area contributed by atoms with Gasteiger partial charge in [0.1, 0.15) is 0 Å². The van der Waals surface area contributed by atoms with Gasteiger partial charge in [-0.3, -0.25) is 4.84 Å². The van der Waals surface area contributed by atoms with Gasteiger partial charge in [-0.2, -0.15) is 5.48 Å². The number of nitrogen functional groups attached to an aromatic ring is 1. The fourth-order valence-electron chi connectivity index (χ4n) is 2.01. The van der Waals surface area contributed by atoms with Crippen molar-refractivity contribution in [3.63, 3.8) is 0 Å². The molecule has 16 heavy (non-hydrogen) atoms. The Kier molecular flexibility index (Phi) is 2.91. The van der Waals surface area contributed by atoms with E-state index in [1.807, 2.05) is 26.8 Å². The number of rotatable bonds is 2. The molecule has 88 valence electrons. The van der Waals surface area contributed by atoms with E-state index in [9.17, 15) is 0 Å². The number of aryl methyl sites for hydroxylation is 1. The first-order valence-corrected chi connectivity index (χ1v) is 5.77. The van der Waals surface area contributed by atoms with Crippen molar-refractivity contribution in [3.8, 4) is 0 Å². The third kappa shape index (κ3) is 2.54. The van der Waals surface area contributed by atoms with Gasteiger partial charge in [0, 0.05) is 5.69 Å². The summed E-state index contributed by atoms with van der Waals surface area (Å²) in [7, 11) is 0. The molecule has 1 aliphatic rings. The van der Waals surface area contributed by atoms with Crippen LogP contribution in [-0.2, 0) is 11.3 Å². The highest BCUT2D eigenvalue weighted by Crippen LogP contribution is 2.32. The second kappa shape index (κ2) is 4.07. The molecule has 0 aliphatic heterocycles. The van der Waals surface area contributed by atoms with Crippen LogP contribution in [0.25, 0.3) is 0 Å². The van der Waals surface area contributed by atoms with Crippen molar-refractivity contribution in [2.75, 3.05) is 5.73 Å². The maximum Gasteiger partial charge on any atom is 0.0813 e. The van der Waals surface area contributed by atoms with E-state index in [1.165, 1.54) is 11.1 Å². The third-order valence-electron chi connectivity index (χ3n) is 2.75. The smallest absolute Gasteiger partial charge is 0.0813 e. The van der Waals surface area contributed by atoms with Crippen LogP contribution in [0.1, 0.15) is 44.4 Å². The standard InChI is InChI=1S/C13H20N2O/c1-13(2,3)16-15-12-7-4-9-8-10(14)5-6-11(9)12/h5-6,8,12,15H,4,7,14H2,1-3H3. The number of hydrogen-bond donors (Lipinski definition) is 2. The minimum absolute atomic E-state index is 0.156. The summed E-state index contributed by atoms with van der Waals surface area (Å²) in [5.41, 5.74) is 12.3. The molecule has 0 fully saturated rings. The number of nitrogens with one attached hydrogen (secondary N) is 1. The van der Waals surface area contributed by atoms with E-state index in [1.54, 1.807) is 0 Å². The van der Waals surface area contributed by atoms with E-state index in [0.717, 1.165) is 18.5 Å². The molecule has 0 radical (unpaired) electrons. The Morgan fingerprint density at radius 2 is 2.12 bits per heavy atom. The zero-order valence-corrected chi connectivity index (χ0v) is 10.2. The molecule has 0 spiro atoms. The largest absolute Gasteiger partial charge is 0.399 e. The Morgan fingerprint density at radius 1 is 1.38 bits per heavy atom. The van der Waals surface area contributed by atoms with Gasteiger partial charge in [-0.05, 0) is 56.9 Å². The molecule has 1 atom stereocenters. The van der Waals surface area contributed by atoms with Gasteiger partial charge in [-0.15, -0.1) is 0 Å². The Bertz CT molecular complexity index is 382. The van der Waals surface area contributed by atoms with Crippen LogP contribution in [0.5, 0.6) is 0 Å². The topological polar surface area (TPSA) is 47.3 Å². The first-order valence-electron chi connectivity index (χ1n) is 5.77. The lowest BCUT2D eigenvalue weighted by atomic mass is 10.1. The van der Waals surface area contributed by atoms with Crippen LogP contribution in [0.3, 0.4) is 0 Å². The number of hydrogen-bond acceptors (Lipinski definition) is 3. The average molecular weight is 220 g/mol. The Labute approximate surface area is 96.9 Å². The third-order valence-corrected chi connectivity index (χ3v) is 2.75. The second-order valence-corrected chi connectivity index (χ2v) is 5.38. The summed E-state index contributed by atoms with van der Waals surface area (Å²) in [4.78, 5) is 5.62. The van der Waals surface area contributed by atoms with Gasteiger partial charge >= 0.3 is 0 Å². The van der Waals surface area contributed by atoms with E-state index < -0.39 is 0 Å². The summed E-state index contributed by atoms with van der Waals surface area (Å²) < 4.78 is 0. The van der Waals surface area contributed by atoms with Crippen molar-refractivity contribution in [2.45, 2.75) is 45.3 Å². The zero-order valence-electron chi connectivity index (χ0n) is 10.2. The molecule has 0 saturated heterocycles. The highest BCUT2D eigenvalue weighted by molar-refractivity contribution is 5.47. The van der Waals surface area contributed by atoms with Crippen LogP contribution >= 0.6 is 0 Å². The van der Waals surface area contributed by atoms with Gasteiger partial charge in [0.2, 0.25) is 0 Å². The van der Waals surface area contributed by atoms with E-state index in [4.69, 9.17) is 10.6 Å². The van der Waals surface area contributed by atoms with Crippen molar-refractivity contribution in [2.24, 2.45) is 0 Å². The highest BCUT2D eigenvalue weighted by Gasteiger charge is 2.24. The van der Waals surface area contributed by atoms with Crippen LogP contribution in [0.4, 0.5) is 5.69 Å². The Balaban J connectivity index is 2.06. The van der Waals surface area contributed by atoms with Gasteiger partial charge < -0.3 is 5.73 Å². The summed E-state index contributed by atoms with van der Waals surface area (Å²) in [5, 5.41) is 0. The molecule has 2 rings (SSSR count). The fourth-order valence-corrected chi connectivity index (χ4v) is 2.01. The van der Waals surface area contributed by atoms with E-state index >= 15 is 0 Å². The molecule has 3 nitrogen and oxygen atoms in total. The lowest BCUT2D eigenvalue weighted by Gasteiger charge is -2.23. The number of hydroxylamine groups is 1. The van der Waals surface area contributed by atoms with Gasteiger partial charge in [0.15, 0.2) is 0 Å². The Morgan fingerprint density at radius 3 is 2.81 bits per heavy atom. The molecule has 0 heterocycles. The molecule has 1 aliphatic carbocycles. The van der Waals surface area contributed by atoms with E-state index in [0.29, 0.717) is 6.04 Å². The fraction of sp³-hybridized carbons (Fsp3) is 0.538. The van der Waals surface area contributed by atoms with Crippen LogP contribution in [0, 0.1) is 0 Å². The van der Waals surface area contributed by atoms with Crippen molar-refractivity contribution in [3.05, 3.63) is 29.3 Å². The molecule has 0 bridgehead atoms. The maximum atomic E-state index is 5.77. The first-order chi connectivity index (χ1) is 7.46. The molecule has 0 amide bonds. The molecular formula is C13H20N2O. The lowest BCUT2D eigenvalue weighted by molar-refractivity contribution is -0.0888. The van der Waals surface area contributed by atoms with Gasteiger partial charge in [-0.1, -0.05) is 6.07 Å². The van der Waals surface area contributed by atoms with Gasteiger partial charge in [0.25, 0.3) is 0 Å². The molecule has 0 saturated carbocycles. The van der Waals surface area contributed by atoms with Crippen LogP contribution in [0.2, 0.25) is 0 Å². The summed E-state index contributed by atoms with van der Waals surface area (Å²) >= 11 is 0. The summed E-state index contributed by atoms with van der Waals surface area (Å²) in [6.07, 6.45) is 2.15. The van der Waals surface area contributed by atoms with Crippen molar-refractivity contribution < 1.29 is 4.84 Å². The molecule has 3 heteroatoms. The summed E-state index contributed by atoms with van der Waals surface area (Å²) in [6, 6.07) is 6.42. The highest BCUT2D eigenvalue weighted by atomic mass is 16.7. The average Bonchev–Trinajstić information content (AvgIpc) is 2.56. The minimum atomic E-state index is -0.156. The van der Waals surface area contributed by atoms with Crippen molar-refractivity contribution in [1.29, 1.82) is 0 Å². The summed E-state index contributed by atoms with van der Waals surface area (Å²) in [6.45, 7) is 6.12. The van der Waals surface area contributed by atoms with Crippen LogP contribution in [-0.4, -0.2) is 5.60 Å². The lowest BCUT2D eigenvalue weighted by Crippen LogP contribution is -2.31. The molecule has 1 aromatic rings. The van der Waals surface area contributed by atoms with Gasteiger partial charge in [-0.25, -0.2) is 0 Å². The minimum Gasteiger partial charge on any atom is -0.399 e. The van der Waals surface area contributed by atoms with Gasteiger partial charge in [0.05, 0.1) is 11.6 Å². The summed E-state index contributed by atoms with van der Waals surface area (Å²) in [5.74, 6) is 0. The normalized spacial score (nSPS) is 19.8. The number of benzene rings is 1. The van der Waals surface area contributed by atoms with E-state index in [-0.39, 0.29) is 5.60 Å². The second-order valence-electron chi connectivity index (χ2n) is 5.38. The molecule has 1 unspecified atom stereocenters. The molecule has 0 aromatic heterocycles.